The molecule has 0 radical (unpaired) electrons. The molecule has 2 aromatic carbocycles. The van der Waals surface area contributed by atoms with E-state index in [9.17, 15) is 14.4 Å². The standard InChI is InChI=1S/C30H45ClO5Si/c1-4-24(2)29(31)30(32)36-28-20-16-26(17-21-28)25-14-18-27(19-15-25)35-22-12-10-8-6-5-7-9-11-13-23-37(3,33)34/h14-21,24,29,33-34H,4-13,22-23H2,1-3H3/t24-,29-/m0/s1. The molecule has 0 heterocycles. The predicted octanol–water partition coefficient (Wildman–Crippen LogP) is 7.86. The van der Waals surface area contributed by atoms with E-state index >= 15 is 0 Å². The number of hydrogen-bond acceptors (Lipinski definition) is 5. The Morgan fingerprint density at radius 2 is 1.27 bits per heavy atom. The Morgan fingerprint density at radius 1 is 0.811 bits per heavy atom. The van der Waals surface area contributed by atoms with Crippen molar-refractivity contribution in [3.63, 3.8) is 0 Å². The monoisotopic (exact) mass is 548 g/mol. The van der Waals surface area contributed by atoms with E-state index in [-0.39, 0.29) is 5.92 Å². The lowest BCUT2D eigenvalue weighted by Gasteiger charge is -2.15. The fraction of sp³-hybridized carbons (Fsp3) is 0.567. The molecule has 0 aliphatic heterocycles. The first-order valence-corrected chi connectivity index (χ1v) is 16.9. The molecule has 2 aromatic rings. The summed E-state index contributed by atoms with van der Waals surface area (Å²) in [7, 11) is -2.84. The molecule has 5 nitrogen and oxygen atoms in total. The summed E-state index contributed by atoms with van der Waals surface area (Å²) in [6, 6.07) is 16.1. The number of benzene rings is 2. The lowest BCUT2D eigenvalue weighted by molar-refractivity contribution is -0.134. The Morgan fingerprint density at radius 3 is 1.76 bits per heavy atom. The number of esters is 1. The third kappa shape index (κ3) is 13.0. The second-order valence-corrected chi connectivity index (χ2v) is 13.7. The van der Waals surface area contributed by atoms with E-state index in [1.54, 1.807) is 18.7 Å². The average molecular weight is 549 g/mol. The molecule has 0 bridgehead atoms. The van der Waals surface area contributed by atoms with Crippen LogP contribution in [0, 0.1) is 5.92 Å². The molecule has 0 spiro atoms. The molecule has 0 saturated heterocycles. The zero-order valence-corrected chi connectivity index (χ0v) is 24.5. The average Bonchev–Trinajstić information content (AvgIpc) is 2.88. The Balaban J connectivity index is 1.60. The van der Waals surface area contributed by atoms with Gasteiger partial charge in [-0.2, -0.15) is 0 Å². The highest BCUT2D eigenvalue weighted by atomic mass is 35.5. The van der Waals surface area contributed by atoms with Crippen LogP contribution in [0.5, 0.6) is 11.5 Å². The van der Waals surface area contributed by atoms with Gasteiger partial charge >= 0.3 is 14.5 Å². The molecular weight excluding hydrogens is 504 g/mol. The van der Waals surface area contributed by atoms with Crippen LogP contribution in [0.4, 0.5) is 0 Å². The van der Waals surface area contributed by atoms with E-state index in [0.717, 1.165) is 49.2 Å². The normalized spacial score (nSPS) is 13.2. The number of alkyl halides is 1. The summed E-state index contributed by atoms with van der Waals surface area (Å²) in [5, 5.41) is -0.641. The van der Waals surface area contributed by atoms with Crippen molar-refractivity contribution in [2.75, 3.05) is 6.61 Å². The van der Waals surface area contributed by atoms with Gasteiger partial charge in [-0.3, -0.25) is 4.79 Å². The van der Waals surface area contributed by atoms with Gasteiger partial charge in [0.2, 0.25) is 0 Å². The maximum Gasteiger partial charge on any atom is 0.329 e. The van der Waals surface area contributed by atoms with Crippen molar-refractivity contribution in [1.82, 2.24) is 0 Å². The van der Waals surface area contributed by atoms with Crippen molar-refractivity contribution < 1.29 is 23.9 Å². The van der Waals surface area contributed by atoms with Crippen molar-refractivity contribution in [1.29, 1.82) is 0 Å². The van der Waals surface area contributed by atoms with E-state index in [2.05, 4.69) is 0 Å². The van der Waals surface area contributed by atoms with Crippen molar-refractivity contribution in [3.8, 4) is 22.6 Å². The third-order valence-corrected chi connectivity index (χ3v) is 8.60. The van der Waals surface area contributed by atoms with Crippen LogP contribution in [-0.4, -0.2) is 36.1 Å². The number of carbonyl (C=O) groups is 1. The fourth-order valence-electron chi connectivity index (χ4n) is 4.06. The van der Waals surface area contributed by atoms with Gasteiger partial charge in [0.25, 0.3) is 0 Å². The summed E-state index contributed by atoms with van der Waals surface area (Å²) in [4.78, 5) is 31.0. The van der Waals surface area contributed by atoms with E-state index in [1.165, 1.54) is 38.5 Å². The third-order valence-electron chi connectivity index (χ3n) is 6.69. The Kier molecular flexibility index (Phi) is 14.3. The molecule has 2 N–H and O–H groups in total. The van der Waals surface area contributed by atoms with Gasteiger partial charge in [0.1, 0.15) is 16.9 Å². The lowest BCUT2D eigenvalue weighted by atomic mass is 10.0. The first-order chi connectivity index (χ1) is 17.7. The van der Waals surface area contributed by atoms with Crippen LogP contribution in [0.15, 0.2) is 48.5 Å². The molecule has 7 heteroatoms. The first kappa shape index (κ1) is 31.4. The number of hydrogen-bond donors (Lipinski definition) is 2. The SMILES string of the molecule is CC[C@H](C)[C@H](Cl)C(=O)Oc1ccc(-c2ccc(OCCCCCCCCCCC[Si](C)(O)O)cc2)cc1. The maximum atomic E-state index is 12.2. The highest BCUT2D eigenvalue weighted by Gasteiger charge is 2.23. The summed E-state index contributed by atoms with van der Waals surface area (Å²) in [5.41, 5.74) is 2.11. The summed E-state index contributed by atoms with van der Waals surface area (Å²) in [6.07, 6.45) is 11.3. The predicted molar refractivity (Wildman–Crippen MR) is 155 cm³/mol. The van der Waals surface area contributed by atoms with Crippen LogP contribution in [0.25, 0.3) is 11.1 Å². The van der Waals surface area contributed by atoms with Crippen LogP contribution in [0.1, 0.15) is 78.1 Å². The topological polar surface area (TPSA) is 76.0 Å². The largest absolute Gasteiger partial charge is 0.494 e. The Hall–Kier alpha value is -1.86. The van der Waals surface area contributed by atoms with Gasteiger partial charge in [0.05, 0.1) is 6.61 Å². The van der Waals surface area contributed by atoms with Crippen LogP contribution in [-0.2, 0) is 4.79 Å². The fourth-order valence-corrected chi connectivity index (χ4v) is 5.20. The van der Waals surface area contributed by atoms with Crippen molar-refractivity contribution in [3.05, 3.63) is 48.5 Å². The highest BCUT2D eigenvalue weighted by molar-refractivity contribution is 6.63. The number of rotatable bonds is 18. The molecule has 0 aliphatic rings. The Bertz CT molecular complexity index is 896. The molecular formula is C30H45ClO5Si. The molecule has 37 heavy (non-hydrogen) atoms. The van der Waals surface area contributed by atoms with Gasteiger partial charge < -0.3 is 19.1 Å². The summed E-state index contributed by atoms with van der Waals surface area (Å²) in [6.45, 7) is 6.25. The van der Waals surface area contributed by atoms with Crippen molar-refractivity contribution in [2.24, 2.45) is 5.92 Å². The smallest absolute Gasteiger partial charge is 0.329 e. The minimum Gasteiger partial charge on any atom is -0.494 e. The van der Waals surface area contributed by atoms with Gasteiger partial charge in [-0.25, -0.2) is 0 Å². The number of halogens is 1. The van der Waals surface area contributed by atoms with E-state index in [1.807, 2.05) is 50.2 Å². The summed E-state index contributed by atoms with van der Waals surface area (Å²) in [5.74, 6) is 1.03. The van der Waals surface area contributed by atoms with Gasteiger partial charge in [-0.05, 0) is 60.3 Å². The summed E-state index contributed by atoms with van der Waals surface area (Å²) < 4.78 is 11.3. The number of carbonyl (C=O) groups excluding carboxylic acids is 1. The molecule has 0 aromatic heterocycles. The van der Waals surface area contributed by atoms with Crippen LogP contribution in [0.3, 0.4) is 0 Å². The molecule has 2 rings (SSSR count). The van der Waals surface area contributed by atoms with Gasteiger partial charge in [-0.15, -0.1) is 11.6 Å². The maximum absolute atomic E-state index is 12.2. The van der Waals surface area contributed by atoms with Crippen LogP contribution < -0.4 is 9.47 Å². The summed E-state index contributed by atoms with van der Waals surface area (Å²) >= 11 is 6.18. The zero-order valence-electron chi connectivity index (χ0n) is 22.8. The molecule has 0 aliphatic carbocycles. The van der Waals surface area contributed by atoms with Gasteiger partial charge in [-0.1, -0.05) is 95.9 Å². The van der Waals surface area contributed by atoms with Crippen molar-refractivity contribution in [2.45, 2.75) is 96.0 Å². The van der Waals surface area contributed by atoms with E-state index < -0.39 is 19.9 Å². The quantitative estimate of drug-likeness (QED) is 0.0651. The minimum absolute atomic E-state index is 0.0700. The highest BCUT2D eigenvalue weighted by Crippen LogP contribution is 2.26. The van der Waals surface area contributed by atoms with E-state index in [0.29, 0.717) is 11.8 Å². The van der Waals surface area contributed by atoms with E-state index in [4.69, 9.17) is 21.1 Å². The minimum atomic E-state index is -2.84. The number of unbranched alkanes of at least 4 members (excludes halogenated alkanes) is 8. The number of ether oxygens (including phenoxy) is 2. The first-order valence-electron chi connectivity index (χ1n) is 13.8. The second-order valence-electron chi connectivity index (χ2n) is 10.3. The van der Waals surface area contributed by atoms with Gasteiger partial charge in [0.15, 0.2) is 0 Å². The molecule has 206 valence electrons. The van der Waals surface area contributed by atoms with Crippen LogP contribution >= 0.6 is 11.6 Å². The second kappa shape index (κ2) is 16.9. The lowest BCUT2D eigenvalue weighted by Crippen LogP contribution is -2.29. The zero-order chi connectivity index (χ0) is 27.1. The molecule has 0 unspecified atom stereocenters. The molecule has 2 atom stereocenters. The molecule has 0 fully saturated rings. The van der Waals surface area contributed by atoms with Crippen molar-refractivity contribution >= 4 is 26.1 Å². The molecule has 0 saturated carbocycles. The molecule has 0 amide bonds. The van der Waals surface area contributed by atoms with Gasteiger partial charge in [0, 0.05) is 0 Å². The van der Waals surface area contributed by atoms with Crippen LogP contribution in [0.2, 0.25) is 12.6 Å². The Labute approximate surface area is 229 Å².